The molecule has 2 saturated heterocycles. The van der Waals surface area contributed by atoms with Gasteiger partial charge in [-0.1, -0.05) is 6.92 Å². The Balaban J connectivity index is 1.61. The number of likely N-dealkylation sites (N-methyl/N-ethyl adjacent to an activating group) is 1. The molecule has 0 bridgehead atoms. The topological polar surface area (TPSA) is 69.7 Å². The number of nitrogens with one attached hydrogen (secondary N) is 1. The number of fused-ring (bicyclic) bond motifs is 2. The zero-order chi connectivity index (χ0) is 17.6. The molecule has 0 aromatic heterocycles. The predicted molar refractivity (Wildman–Crippen MR) is 97.8 cm³/mol. The van der Waals surface area contributed by atoms with E-state index in [1.165, 1.54) is 5.56 Å². The minimum Gasteiger partial charge on any atom is -0.385 e. The van der Waals surface area contributed by atoms with Gasteiger partial charge in [-0.2, -0.15) is 0 Å². The highest BCUT2D eigenvalue weighted by Gasteiger charge is 2.47. The SMILES string of the molecule is CCN1CCN(C(=O)c2ccc3c(c2)CCCN3)[C@@H]2CS(=O)(=O)C[C@@H]21. The van der Waals surface area contributed by atoms with Crippen LogP contribution in [0.1, 0.15) is 29.3 Å². The average Bonchev–Trinajstić information content (AvgIpc) is 2.94. The molecule has 1 aromatic carbocycles. The number of hydrogen-bond donors (Lipinski definition) is 1. The van der Waals surface area contributed by atoms with Gasteiger partial charge in [0.15, 0.2) is 9.84 Å². The van der Waals surface area contributed by atoms with Crippen molar-refractivity contribution in [2.24, 2.45) is 0 Å². The fourth-order valence-corrected chi connectivity index (χ4v) is 6.46. The average molecular weight is 363 g/mol. The van der Waals surface area contributed by atoms with Crippen LogP contribution in [-0.2, 0) is 16.3 Å². The Morgan fingerprint density at radius 3 is 2.84 bits per heavy atom. The van der Waals surface area contributed by atoms with Gasteiger partial charge < -0.3 is 10.2 Å². The molecule has 3 aliphatic heterocycles. The third-order valence-corrected chi connectivity index (χ3v) is 7.45. The molecule has 0 radical (unpaired) electrons. The number of hydrogen-bond acceptors (Lipinski definition) is 5. The first-order valence-corrected chi connectivity index (χ1v) is 10.9. The van der Waals surface area contributed by atoms with E-state index in [-0.39, 0.29) is 29.5 Å². The first kappa shape index (κ1) is 16.8. The van der Waals surface area contributed by atoms with Gasteiger partial charge in [0, 0.05) is 36.9 Å². The zero-order valence-corrected chi connectivity index (χ0v) is 15.4. The molecule has 1 N–H and O–H groups in total. The van der Waals surface area contributed by atoms with E-state index >= 15 is 0 Å². The van der Waals surface area contributed by atoms with Crippen LogP contribution in [0, 0.1) is 0 Å². The van der Waals surface area contributed by atoms with Crippen LogP contribution < -0.4 is 5.32 Å². The Kier molecular flexibility index (Phi) is 4.24. The maximum atomic E-state index is 13.1. The number of anilines is 1. The molecule has 136 valence electrons. The van der Waals surface area contributed by atoms with Crippen molar-refractivity contribution in [2.75, 3.05) is 43.0 Å². The van der Waals surface area contributed by atoms with Gasteiger partial charge in [0.1, 0.15) is 0 Å². The number of carbonyl (C=O) groups is 1. The van der Waals surface area contributed by atoms with Gasteiger partial charge in [-0.15, -0.1) is 0 Å². The van der Waals surface area contributed by atoms with Crippen molar-refractivity contribution in [3.05, 3.63) is 29.3 Å². The number of carbonyl (C=O) groups excluding carboxylic acids is 1. The Bertz CT molecular complexity index is 793. The molecule has 6 nitrogen and oxygen atoms in total. The van der Waals surface area contributed by atoms with Crippen LogP contribution in [0.5, 0.6) is 0 Å². The van der Waals surface area contributed by atoms with E-state index in [2.05, 4.69) is 17.1 Å². The maximum absolute atomic E-state index is 13.1. The molecule has 1 aromatic rings. The van der Waals surface area contributed by atoms with Crippen molar-refractivity contribution >= 4 is 21.4 Å². The van der Waals surface area contributed by atoms with Gasteiger partial charge in [0.25, 0.3) is 5.91 Å². The molecular weight excluding hydrogens is 338 g/mol. The third kappa shape index (κ3) is 3.04. The van der Waals surface area contributed by atoms with Gasteiger partial charge in [0.2, 0.25) is 0 Å². The van der Waals surface area contributed by atoms with Crippen molar-refractivity contribution in [1.82, 2.24) is 9.80 Å². The Hall–Kier alpha value is -1.60. The molecule has 2 atom stereocenters. The summed E-state index contributed by atoms with van der Waals surface area (Å²) in [5.74, 6) is 0.228. The fraction of sp³-hybridized carbons (Fsp3) is 0.611. The monoisotopic (exact) mass is 363 g/mol. The summed E-state index contributed by atoms with van der Waals surface area (Å²) in [5, 5.41) is 3.36. The number of rotatable bonds is 2. The Morgan fingerprint density at radius 1 is 1.24 bits per heavy atom. The number of benzene rings is 1. The van der Waals surface area contributed by atoms with Crippen molar-refractivity contribution in [3.8, 4) is 0 Å². The molecule has 3 heterocycles. The molecule has 25 heavy (non-hydrogen) atoms. The molecular formula is C18H25N3O3S. The lowest BCUT2D eigenvalue weighted by molar-refractivity contribution is 0.0349. The van der Waals surface area contributed by atoms with Crippen LogP contribution >= 0.6 is 0 Å². The molecule has 0 unspecified atom stereocenters. The molecule has 0 spiro atoms. The predicted octanol–water partition coefficient (Wildman–Crippen LogP) is 0.988. The highest BCUT2D eigenvalue weighted by Crippen LogP contribution is 2.29. The summed E-state index contributed by atoms with van der Waals surface area (Å²) in [7, 11) is -3.08. The summed E-state index contributed by atoms with van der Waals surface area (Å²) in [6.45, 7) is 5.18. The van der Waals surface area contributed by atoms with E-state index in [4.69, 9.17) is 0 Å². The van der Waals surface area contributed by atoms with Gasteiger partial charge >= 0.3 is 0 Å². The number of piperazine rings is 1. The third-order valence-electron chi connectivity index (χ3n) is 5.75. The fourth-order valence-electron chi connectivity index (χ4n) is 4.44. The van der Waals surface area contributed by atoms with E-state index in [0.29, 0.717) is 12.1 Å². The zero-order valence-electron chi connectivity index (χ0n) is 14.6. The van der Waals surface area contributed by atoms with E-state index in [0.717, 1.165) is 38.2 Å². The number of sulfone groups is 1. The maximum Gasteiger partial charge on any atom is 0.254 e. The second-order valence-corrected chi connectivity index (χ2v) is 9.39. The minimum atomic E-state index is -3.08. The second-order valence-electron chi connectivity index (χ2n) is 7.24. The first-order chi connectivity index (χ1) is 12.0. The van der Waals surface area contributed by atoms with Gasteiger partial charge in [0.05, 0.1) is 17.5 Å². The lowest BCUT2D eigenvalue weighted by Gasteiger charge is -2.43. The van der Waals surface area contributed by atoms with E-state index in [1.807, 2.05) is 18.2 Å². The highest BCUT2D eigenvalue weighted by atomic mass is 32.2. The molecule has 2 fully saturated rings. The van der Waals surface area contributed by atoms with Crippen molar-refractivity contribution in [2.45, 2.75) is 31.8 Å². The van der Waals surface area contributed by atoms with Gasteiger partial charge in [-0.25, -0.2) is 8.42 Å². The van der Waals surface area contributed by atoms with E-state index in [1.54, 1.807) is 4.90 Å². The van der Waals surface area contributed by atoms with Crippen molar-refractivity contribution < 1.29 is 13.2 Å². The van der Waals surface area contributed by atoms with Crippen LogP contribution in [0.2, 0.25) is 0 Å². The van der Waals surface area contributed by atoms with E-state index < -0.39 is 9.84 Å². The smallest absolute Gasteiger partial charge is 0.254 e. The molecule has 4 rings (SSSR count). The van der Waals surface area contributed by atoms with Crippen LogP contribution in [-0.4, -0.2) is 73.9 Å². The Labute approximate surface area is 149 Å². The number of amides is 1. The van der Waals surface area contributed by atoms with Gasteiger partial charge in [-0.3, -0.25) is 9.69 Å². The quantitative estimate of drug-likeness (QED) is 0.849. The molecule has 3 aliphatic rings. The molecule has 1 amide bonds. The van der Waals surface area contributed by atoms with Crippen LogP contribution in [0.15, 0.2) is 18.2 Å². The lowest BCUT2D eigenvalue weighted by atomic mass is 9.98. The summed E-state index contributed by atoms with van der Waals surface area (Å²) in [6.07, 6.45) is 2.05. The summed E-state index contributed by atoms with van der Waals surface area (Å²) < 4.78 is 24.4. The van der Waals surface area contributed by atoms with E-state index in [9.17, 15) is 13.2 Å². The summed E-state index contributed by atoms with van der Waals surface area (Å²) in [6, 6.07) is 5.54. The van der Waals surface area contributed by atoms with Crippen LogP contribution in [0.25, 0.3) is 0 Å². The van der Waals surface area contributed by atoms with Gasteiger partial charge in [-0.05, 0) is 43.1 Å². The minimum absolute atomic E-state index is 0.0313. The van der Waals surface area contributed by atoms with Crippen LogP contribution in [0.3, 0.4) is 0 Å². The molecule has 0 saturated carbocycles. The first-order valence-electron chi connectivity index (χ1n) is 9.11. The van der Waals surface area contributed by atoms with Crippen molar-refractivity contribution in [1.29, 1.82) is 0 Å². The summed E-state index contributed by atoms with van der Waals surface area (Å²) in [4.78, 5) is 17.1. The highest BCUT2D eigenvalue weighted by molar-refractivity contribution is 7.91. The summed E-state index contributed by atoms with van der Waals surface area (Å²) >= 11 is 0. The normalized spacial score (nSPS) is 28.1. The van der Waals surface area contributed by atoms with Crippen molar-refractivity contribution in [3.63, 3.8) is 0 Å². The molecule has 7 heteroatoms. The number of nitrogens with zero attached hydrogens (tertiary/aromatic N) is 2. The standard InChI is InChI=1S/C18H25N3O3S/c1-2-20-8-9-21(17-12-25(23,24)11-16(17)20)18(22)14-5-6-15-13(10-14)4-3-7-19-15/h5-6,10,16-17,19H,2-4,7-9,11-12H2,1H3/t16-,17+/m0/s1. The molecule has 0 aliphatic carbocycles. The largest absolute Gasteiger partial charge is 0.385 e. The summed E-state index contributed by atoms with van der Waals surface area (Å²) in [5.41, 5.74) is 2.97. The lowest BCUT2D eigenvalue weighted by Crippen LogP contribution is -2.60. The number of aryl methyl sites for hydroxylation is 1. The second kappa shape index (κ2) is 6.29. The van der Waals surface area contributed by atoms with Crippen LogP contribution in [0.4, 0.5) is 5.69 Å². The Morgan fingerprint density at radius 2 is 2.04 bits per heavy atom.